The molecule has 4 heterocycles. The molecule has 0 radical (unpaired) electrons. The van der Waals surface area contributed by atoms with Crippen molar-refractivity contribution in [1.82, 2.24) is 19.7 Å². The molecule has 5 aromatic rings. The molecule has 176 valence electrons. The van der Waals surface area contributed by atoms with Crippen molar-refractivity contribution in [3.63, 3.8) is 0 Å². The summed E-state index contributed by atoms with van der Waals surface area (Å²) in [4.78, 5) is 22.6. The SMILES string of the molecule is Cc1ccc(Cn2c(SCc3nc(-c4ccc(F)cc4)no3)nc3cc4c(cc3c2=O)OCO4)o1. The van der Waals surface area contributed by atoms with Crippen LogP contribution in [0.4, 0.5) is 4.39 Å². The Bertz CT molecular complexity index is 1610. The van der Waals surface area contributed by atoms with Crippen LogP contribution in [-0.4, -0.2) is 26.5 Å². The normalized spacial score (nSPS) is 12.5. The fourth-order valence-electron chi connectivity index (χ4n) is 3.72. The van der Waals surface area contributed by atoms with Crippen molar-refractivity contribution in [2.75, 3.05) is 6.79 Å². The van der Waals surface area contributed by atoms with E-state index in [-0.39, 0.29) is 30.5 Å². The molecule has 0 fully saturated rings. The number of furan rings is 1. The van der Waals surface area contributed by atoms with E-state index in [0.29, 0.717) is 50.6 Å². The summed E-state index contributed by atoms with van der Waals surface area (Å²) in [6.07, 6.45) is 0. The zero-order chi connectivity index (χ0) is 23.9. The predicted molar refractivity (Wildman–Crippen MR) is 124 cm³/mol. The number of hydrogen-bond acceptors (Lipinski definition) is 9. The molecule has 0 saturated carbocycles. The van der Waals surface area contributed by atoms with Crippen LogP contribution >= 0.6 is 11.8 Å². The van der Waals surface area contributed by atoms with Crippen LogP contribution in [0.1, 0.15) is 17.4 Å². The van der Waals surface area contributed by atoms with Gasteiger partial charge in [-0.05, 0) is 49.4 Å². The van der Waals surface area contributed by atoms with Gasteiger partial charge in [0.25, 0.3) is 5.56 Å². The summed E-state index contributed by atoms with van der Waals surface area (Å²) in [5.41, 5.74) is 0.893. The van der Waals surface area contributed by atoms with Crippen LogP contribution in [0.15, 0.2) is 67.4 Å². The molecule has 0 bridgehead atoms. The van der Waals surface area contributed by atoms with E-state index in [2.05, 4.69) is 10.1 Å². The van der Waals surface area contributed by atoms with E-state index >= 15 is 0 Å². The monoisotopic (exact) mass is 492 g/mol. The van der Waals surface area contributed by atoms with Crippen molar-refractivity contribution in [2.24, 2.45) is 0 Å². The number of aromatic nitrogens is 4. The molecular weight excluding hydrogens is 475 g/mol. The number of thioether (sulfide) groups is 1. The van der Waals surface area contributed by atoms with Crippen LogP contribution in [0.2, 0.25) is 0 Å². The maximum Gasteiger partial charge on any atom is 0.262 e. The second-order valence-electron chi connectivity index (χ2n) is 7.83. The highest BCUT2D eigenvalue weighted by Gasteiger charge is 2.20. The van der Waals surface area contributed by atoms with Crippen molar-refractivity contribution in [2.45, 2.75) is 24.4 Å². The standard InChI is InChI=1S/C24H17FN4O5S/c1-13-2-7-16(33-13)10-29-23(30)17-8-19-20(32-12-31-19)9-18(17)26-24(29)35-11-21-27-22(28-34-21)14-3-5-15(25)6-4-14/h2-9H,10-12H2,1H3. The predicted octanol–water partition coefficient (Wildman–Crippen LogP) is 4.56. The average Bonchev–Trinajstić information content (AvgIpc) is 3.60. The molecule has 11 heteroatoms. The molecule has 3 aromatic heterocycles. The van der Waals surface area contributed by atoms with Gasteiger partial charge < -0.3 is 18.4 Å². The first-order valence-electron chi connectivity index (χ1n) is 10.6. The average molecular weight is 492 g/mol. The minimum absolute atomic E-state index is 0.0979. The van der Waals surface area contributed by atoms with Crippen molar-refractivity contribution < 1.29 is 22.8 Å². The van der Waals surface area contributed by atoms with Crippen LogP contribution < -0.4 is 15.0 Å². The number of rotatable bonds is 6. The Balaban J connectivity index is 1.35. The van der Waals surface area contributed by atoms with Crippen LogP contribution in [0.5, 0.6) is 11.5 Å². The third-order valence-electron chi connectivity index (χ3n) is 5.42. The van der Waals surface area contributed by atoms with E-state index < -0.39 is 0 Å². The molecular formula is C24H17FN4O5S. The van der Waals surface area contributed by atoms with Gasteiger partial charge in [0.05, 0.1) is 23.2 Å². The zero-order valence-electron chi connectivity index (χ0n) is 18.4. The Labute approximate surface area is 201 Å². The number of benzene rings is 2. The minimum atomic E-state index is -0.345. The topological polar surface area (TPSA) is 105 Å². The Kier molecular flexibility index (Phi) is 5.25. The summed E-state index contributed by atoms with van der Waals surface area (Å²) in [6.45, 7) is 2.15. The number of aryl methyl sites for hydroxylation is 1. The van der Waals surface area contributed by atoms with Crippen LogP contribution in [-0.2, 0) is 12.3 Å². The summed E-state index contributed by atoms with van der Waals surface area (Å²) in [7, 11) is 0. The lowest BCUT2D eigenvalue weighted by Gasteiger charge is -2.12. The number of halogens is 1. The smallest absolute Gasteiger partial charge is 0.262 e. The first-order chi connectivity index (χ1) is 17.0. The van der Waals surface area contributed by atoms with E-state index in [1.165, 1.54) is 23.9 Å². The molecule has 0 unspecified atom stereocenters. The second kappa shape index (κ2) is 8.58. The van der Waals surface area contributed by atoms with Crippen molar-refractivity contribution in [3.8, 4) is 22.9 Å². The quantitative estimate of drug-likeness (QED) is 0.249. The molecule has 2 aromatic carbocycles. The van der Waals surface area contributed by atoms with Gasteiger partial charge in [-0.2, -0.15) is 4.98 Å². The van der Waals surface area contributed by atoms with Gasteiger partial charge in [-0.3, -0.25) is 9.36 Å². The van der Waals surface area contributed by atoms with Crippen molar-refractivity contribution >= 4 is 22.7 Å². The van der Waals surface area contributed by atoms with Crippen LogP contribution in [0.3, 0.4) is 0 Å². The summed E-state index contributed by atoms with van der Waals surface area (Å²) < 4.78 is 36.7. The second-order valence-corrected chi connectivity index (χ2v) is 8.77. The molecule has 0 atom stereocenters. The van der Waals surface area contributed by atoms with Gasteiger partial charge in [-0.25, -0.2) is 9.37 Å². The lowest BCUT2D eigenvalue weighted by atomic mass is 10.2. The number of fused-ring (bicyclic) bond motifs is 2. The fourth-order valence-corrected chi connectivity index (χ4v) is 4.56. The molecule has 1 aliphatic rings. The summed E-state index contributed by atoms with van der Waals surface area (Å²) >= 11 is 1.28. The van der Waals surface area contributed by atoms with Gasteiger partial charge >= 0.3 is 0 Å². The van der Waals surface area contributed by atoms with Gasteiger partial charge in [0.15, 0.2) is 16.7 Å². The van der Waals surface area contributed by atoms with E-state index in [1.54, 1.807) is 28.8 Å². The van der Waals surface area contributed by atoms with Gasteiger partial charge in [-0.1, -0.05) is 16.9 Å². The van der Waals surface area contributed by atoms with Gasteiger partial charge in [-0.15, -0.1) is 0 Å². The highest BCUT2D eigenvalue weighted by Crippen LogP contribution is 2.35. The molecule has 0 aliphatic carbocycles. The Morgan fingerprint density at radius 2 is 1.86 bits per heavy atom. The van der Waals surface area contributed by atoms with Crippen molar-refractivity contribution in [3.05, 3.63) is 82.1 Å². The Morgan fingerprint density at radius 3 is 2.63 bits per heavy atom. The summed E-state index contributed by atoms with van der Waals surface area (Å²) in [6, 6.07) is 12.8. The highest BCUT2D eigenvalue weighted by molar-refractivity contribution is 7.98. The lowest BCUT2D eigenvalue weighted by molar-refractivity contribution is 0.174. The number of hydrogen-bond donors (Lipinski definition) is 0. The fraction of sp³-hybridized carbons (Fsp3) is 0.167. The lowest BCUT2D eigenvalue weighted by Crippen LogP contribution is -2.23. The van der Waals surface area contributed by atoms with E-state index in [1.807, 2.05) is 19.1 Å². The Morgan fingerprint density at radius 1 is 1.06 bits per heavy atom. The summed E-state index contributed by atoms with van der Waals surface area (Å²) in [5, 5.41) is 4.84. The molecule has 0 N–H and O–H groups in total. The van der Waals surface area contributed by atoms with Crippen molar-refractivity contribution in [1.29, 1.82) is 0 Å². The highest BCUT2D eigenvalue weighted by atomic mass is 32.2. The van der Waals surface area contributed by atoms with Gasteiger partial charge in [0.2, 0.25) is 18.5 Å². The largest absolute Gasteiger partial charge is 0.464 e. The summed E-state index contributed by atoms with van der Waals surface area (Å²) in [5.74, 6) is 3.05. The number of ether oxygens (including phenoxy) is 2. The molecule has 9 nitrogen and oxygen atoms in total. The van der Waals surface area contributed by atoms with E-state index in [4.69, 9.17) is 23.4 Å². The third kappa shape index (κ3) is 4.14. The Hall–Kier alpha value is -4.12. The zero-order valence-corrected chi connectivity index (χ0v) is 19.2. The first-order valence-corrected chi connectivity index (χ1v) is 11.6. The molecule has 0 spiro atoms. The third-order valence-corrected chi connectivity index (χ3v) is 6.38. The maximum absolute atomic E-state index is 13.5. The number of nitrogens with zero attached hydrogens (tertiary/aromatic N) is 4. The molecule has 35 heavy (non-hydrogen) atoms. The molecule has 1 aliphatic heterocycles. The maximum atomic E-state index is 13.5. The van der Waals surface area contributed by atoms with Crippen LogP contribution in [0, 0.1) is 12.7 Å². The van der Waals surface area contributed by atoms with Crippen LogP contribution in [0.25, 0.3) is 22.3 Å². The van der Waals surface area contributed by atoms with E-state index in [0.717, 1.165) is 5.76 Å². The van der Waals surface area contributed by atoms with E-state index in [9.17, 15) is 9.18 Å². The molecule has 0 amide bonds. The molecule has 0 saturated heterocycles. The van der Waals surface area contributed by atoms with Gasteiger partial charge in [0, 0.05) is 11.6 Å². The van der Waals surface area contributed by atoms with Gasteiger partial charge in [0.1, 0.15) is 17.3 Å². The molecule has 6 rings (SSSR count). The first kappa shape index (κ1) is 21.4. The minimum Gasteiger partial charge on any atom is -0.464 e.